The van der Waals surface area contributed by atoms with E-state index in [9.17, 15) is 4.79 Å². The van der Waals surface area contributed by atoms with Gasteiger partial charge in [-0.2, -0.15) is 0 Å². The molecule has 2 aromatic carbocycles. The summed E-state index contributed by atoms with van der Waals surface area (Å²) in [6.07, 6.45) is 0. The Hall–Kier alpha value is -2.50. The predicted octanol–water partition coefficient (Wildman–Crippen LogP) is 4.07. The van der Waals surface area contributed by atoms with Crippen molar-refractivity contribution >= 4 is 22.5 Å². The zero-order valence-electron chi connectivity index (χ0n) is 12.1. The Morgan fingerprint density at radius 2 is 1.73 bits per heavy atom. The summed E-state index contributed by atoms with van der Waals surface area (Å²) in [5.41, 5.74) is 2.60. The van der Waals surface area contributed by atoms with Crippen molar-refractivity contribution in [3.8, 4) is 11.8 Å². The molecular formula is C19H14ClNO. The summed E-state index contributed by atoms with van der Waals surface area (Å²) < 4.78 is 1.70. The Kier molecular flexibility index (Phi) is 4.00. The molecule has 2 nitrogen and oxygen atoms in total. The van der Waals surface area contributed by atoms with Gasteiger partial charge in [0, 0.05) is 29.1 Å². The number of nitrogens with zero attached hydrogens (tertiary/aromatic N) is 1. The quantitative estimate of drug-likeness (QED) is 0.621. The van der Waals surface area contributed by atoms with Gasteiger partial charge in [-0.1, -0.05) is 41.6 Å². The first kappa shape index (κ1) is 14.4. The summed E-state index contributed by atoms with van der Waals surface area (Å²) >= 11 is 6.22. The Labute approximate surface area is 134 Å². The molecule has 108 valence electrons. The molecule has 3 heteroatoms. The molecule has 0 bridgehead atoms. The highest BCUT2D eigenvalue weighted by molar-refractivity contribution is 6.35. The van der Waals surface area contributed by atoms with E-state index in [1.807, 2.05) is 55.5 Å². The number of hydrogen-bond acceptors (Lipinski definition) is 1. The second-order valence-electron chi connectivity index (χ2n) is 4.92. The Balaban J connectivity index is 2.12. The van der Waals surface area contributed by atoms with Gasteiger partial charge in [-0.15, -0.1) is 0 Å². The molecule has 0 N–H and O–H groups in total. The normalized spacial score (nSPS) is 10.3. The van der Waals surface area contributed by atoms with Crippen molar-refractivity contribution in [2.75, 3.05) is 0 Å². The molecule has 0 aliphatic rings. The molecule has 0 aliphatic carbocycles. The van der Waals surface area contributed by atoms with Crippen molar-refractivity contribution in [1.82, 2.24) is 4.57 Å². The highest BCUT2D eigenvalue weighted by atomic mass is 35.5. The van der Waals surface area contributed by atoms with E-state index in [1.54, 1.807) is 4.57 Å². The summed E-state index contributed by atoms with van der Waals surface area (Å²) in [4.78, 5) is 11.9. The molecule has 0 fully saturated rings. The van der Waals surface area contributed by atoms with Crippen molar-refractivity contribution in [2.24, 2.45) is 0 Å². The van der Waals surface area contributed by atoms with Crippen LogP contribution in [0.5, 0.6) is 0 Å². The van der Waals surface area contributed by atoms with Gasteiger partial charge < -0.3 is 4.57 Å². The molecule has 3 aromatic rings. The monoisotopic (exact) mass is 307 g/mol. The minimum absolute atomic E-state index is 0.0804. The number of hydrogen-bond donors (Lipinski definition) is 0. The molecule has 0 saturated carbocycles. The Morgan fingerprint density at radius 1 is 1.00 bits per heavy atom. The van der Waals surface area contributed by atoms with Crippen molar-refractivity contribution in [1.29, 1.82) is 0 Å². The smallest absolute Gasteiger partial charge is 0.252 e. The molecule has 0 aliphatic heterocycles. The second-order valence-corrected chi connectivity index (χ2v) is 5.33. The maximum atomic E-state index is 11.9. The fourth-order valence-corrected chi connectivity index (χ4v) is 2.66. The third-order valence-electron chi connectivity index (χ3n) is 3.50. The average Bonchev–Trinajstić information content (AvgIpc) is 2.54. The lowest BCUT2D eigenvalue weighted by Gasteiger charge is -2.09. The van der Waals surface area contributed by atoms with E-state index in [2.05, 4.69) is 11.8 Å². The van der Waals surface area contributed by atoms with Crippen LogP contribution in [0.25, 0.3) is 10.9 Å². The van der Waals surface area contributed by atoms with Gasteiger partial charge in [0.1, 0.15) is 0 Å². The third-order valence-corrected chi connectivity index (χ3v) is 3.81. The van der Waals surface area contributed by atoms with Crippen molar-refractivity contribution in [3.05, 3.63) is 81.1 Å². The van der Waals surface area contributed by atoms with E-state index < -0.39 is 0 Å². The highest BCUT2D eigenvalue weighted by Gasteiger charge is 2.06. The summed E-state index contributed by atoms with van der Waals surface area (Å²) in [6, 6.07) is 17.0. The molecule has 3 rings (SSSR count). The maximum Gasteiger partial charge on any atom is 0.252 e. The molecule has 0 unspecified atom stereocenters. The molecule has 0 radical (unpaired) electrons. The molecular weight excluding hydrogens is 294 g/mol. The Morgan fingerprint density at radius 3 is 2.45 bits per heavy atom. The van der Waals surface area contributed by atoms with Gasteiger partial charge in [-0.3, -0.25) is 4.79 Å². The lowest BCUT2D eigenvalue weighted by Crippen LogP contribution is -2.18. The number of pyridine rings is 1. The van der Waals surface area contributed by atoms with Crippen molar-refractivity contribution in [3.63, 3.8) is 0 Å². The summed E-state index contributed by atoms with van der Waals surface area (Å²) in [5.74, 6) is 6.26. The van der Waals surface area contributed by atoms with Crippen LogP contribution in [0.15, 0.2) is 59.4 Å². The number of benzene rings is 2. The van der Waals surface area contributed by atoms with Crippen LogP contribution in [-0.2, 0) is 6.54 Å². The van der Waals surface area contributed by atoms with Gasteiger partial charge in [0.05, 0.1) is 10.5 Å². The fraction of sp³-hybridized carbons (Fsp3) is 0.105. The van der Waals surface area contributed by atoms with Gasteiger partial charge >= 0.3 is 0 Å². The van der Waals surface area contributed by atoms with Gasteiger partial charge in [-0.05, 0) is 37.3 Å². The first-order valence-corrected chi connectivity index (χ1v) is 7.47. The van der Waals surface area contributed by atoms with E-state index in [0.717, 1.165) is 22.0 Å². The van der Waals surface area contributed by atoms with Crippen molar-refractivity contribution < 1.29 is 0 Å². The van der Waals surface area contributed by atoms with Crippen LogP contribution in [-0.4, -0.2) is 4.57 Å². The molecule has 0 saturated heterocycles. The van der Waals surface area contributed by atoms with E-state index >= 15 is 0 Å². The first-order valence-electron chi connectivity index (χ1n) is 7.09. The lowest BCUT2D eigenvalue weighted by atomic mass is 10.1. The number of aromatic nitrogens is 1. The number of aryl methyl sites for hydroxylation is 1. The topological polar surface area (TPSA) is 22.0 Å². The molecule has 0 atom stereocenters. The van der Waals surface area contributed by atoms with Crippen LogP contribution in [0.2, 0.25) is 5.02 Å². The van der Waals surface area contributed by atoms with Crippen LogP contribution >= 0.6 is 11.6 Å². The predicted molar refractivity (Wildman–Crippen MR) is 91.3 cm³/mol. The van der Waals surface area contributed by atoms with Crippen LogP contribution in [0, 0.1) is 11.8 Å². The van der Waals surface area contributed by atoms with Gasteiger partial charge in [0.2, 0.25) is 0 Å². The summed E-state index contributed by atoms with van der Waals surface area (Å²) in [6.45, 7) is 2.55. The minimum Gasteiger partial charge on any atom is -0.308 e. The number of halogens is 1. The molecule has 1 heterocycles. The zero-order chi connectivity index (χ0) is 15.5. The van der Waals surface area contributed by atoms with Crippen LogP contribution in [0.1, 0.15) is 18.1 Å². The first-order chi connectivity index (χ1) is 10.7. The molecule has 0 amide bonds. The van der Waals surface area contributed by atoms with E-state index in [0.29, 0.717) is 11.6 Å². The van der Waals surface area contributed by atoms with Crippen molar-refractivity contribution in [2.45, 2.75) is 13.5 Å². The zero-order valence-corrected chi connectivity index (χ0v) is 12.9. The standard InChI is InChI=1S/C19H14ClNO/c1-2-21-18-11-10-15(9-8-14-6-4-3-5-7-14)12-16(18)17(20)13-19(21)22/h3-7,10-13H,2H2,1H3. The average molecular weight is 308 g/mol. The van der Waals surface area contributed by atoms with Crippen LogP contribution < -0.4 is 5.56 Å². The van der Waals surface area contributed by atoms with Gasteiger partial charge in [0.25, 0.3) is 5.56 Å². The SMILES string of the molecule is CCn1c(=O)cc(Cl)c2cc(C#Cc3ccccc3)ccc21. The fourth-order valence-electron chi connectivity index (χ4n) is 2.42. The largest absolute Gasteiger partial charge is 0.308 e. The Bertz CT molecular complexity index is 946. The van der Waals surface area contributed by atoms with Crippen LogP contribution in [0.3, 0.4) is 0 Å². The van der Waals surface area contributed by atoms with Crippen LogP contribution in [0.4, 0.5) is 0 Å². The molecule has 22 heavy (non-hydrogen) atoms. The third kappa shape index (κ3) is 2.77. The maximum absolute atomic E-state index is 11.9. The number of rotatable bonds is 1. The summed E-state index contributed by atoms with van der Waals surface area (Å²) in [7, 11) is 0. The number of fused-ring (bicyclic) bond motifs is 1. The molecule has 0 spiro atoms. The van der Waals surface area contributed by atoms with E-state index in [1.165, 1.54) is 6.07 Å². The van der Waals surface area contributed by atoms with Gasteiger partial charge in [-0.25, -0.2) is 0 Å². The highest BCUT2D eigenvalue weighted by Crippen LogP contribution is 2.22. The van der Waals surface area contributed by atoms with Gasteiger partial charge in [0.15, 0.2) is 0 Å². The summed E-state index contributed by atoms with van der Waals surface area (Å²) in [5, 5.41) is 1.32. The second kappa shape index (κ2) is 6.09. The minimum atomic E-state index is -0.0804. The van der Waals surface area contributed by atoms with E-state index in [-0.39, 0.29) is 5.56 Å². The lowest BCUT2D eigenvalue weighted by molar-refractivity contribution is 0.760. The van der Waals surface area contributed by atoms with E-state index in [4.69, 9.17) is 11.6 Å². The molecule has 1 aromatic heterocycles.